The molecule has 0 radical (unpaired) electrons. The van der Waals surface area contributed by atoms with E-state index in [9.17, 15) is 16.8 Å². The summed E-state index contributed by atoms with van der Waals surface area (Å²) in [7, 11) is -5.71. The number of methoxy groups -OCH3 is 1. The Morgan fingerprint density at radius 3 is 2.35 bits per heavy atom. The first-order valence-corrected chi connectivity index (χ1v) is 10.6. The molecular formula is C13H21ClN2O5S2. The second kappa shape index (κ2) is 8.29. The Morgan fingerprint density at radius 1 is 1.22 bits per heavy atom. The molecule has 0 atom stereocenters. The average Bonchev–Trinajstić information content (AvgIpc) is 2.45. The van der Waals surface area contributed by atoms with E-state index in [1.165, 1.54) is 29.6 Å². The molecule has 0 spiro atoms. The average molecular weight is 385 g/mol. The lowest BCUT2D eigenvalue weighted by Gasteiger charge is -2.19. The third-order valence-corrected chi connectivity index (χ3v) is 6.09. The first kappa shape index (κ1) is 20.2. The minimum Gasteiger partial charge on any atom is -0.495 e. The summed E-state index contributed by atoms with van der Waals surface area (Å²) in [5.74, 6) is 0.372. The molecule has 0 bridgehead atoms. The van der Waals surface area contributed by atoms with Gasteiger partial charge in [0.15, 0.2) is 0 Å². The van der Waals surface area contributed by atoms with Gasteiger partial charge in [-0.25, -0.2) is 25.9 Å². The van der Waals surface area contributed by atoms with Crippen LogP contribution in [0, 0.1) is 0 Å². The molecule has 7 nitrogen and oxygen atoms in total. The van der Waals surface area contributed by atoms with Gasteiger partial charge in [-0.1, -0.05) is 18.5 Å². The molecule has 1 N–H and O–H groups in total. The fraction of sp³-hybridized carbons (Fsp3) is 0.538. The van der Waals surface area contributed by atoms with Crippen LogP contribution in [-0.4, -0.2) is 54.1 Å². The fourth-order valence-corrected chi connectivity index (χ4v) is 4.20. The van der Waals surface area contributed by atoms with Crippen LogP contribution in [0.4, 0.5) is 0 Å². The molecule has 0 fully saturated rings. The molecule has 0 unspecified atom stereocenters. The van der Waals surface area contributed by atoms with Crippen LogP contribution in [0.1, 0.15) is 13.3 Å². The van der Waals surface area contributed by atoms with Crippen molar-refractivity contribution in [3.63, 3.8) is 0 Å². The number of benzene rings is 1. The standard InChI is InChI=1S/C13H21ClN2O5S2/c1-4-8-16(22(3,17)18)9-7-15-23(19,20)11-5-6-13(21-2)12(14)10-11/h5-6,10,15H,4,7-9H2,1-3H3. The van der Waals surface area contributed by atoms with Crippen molar-refractivity contribution in [2.45, 2.75) is 18.2 Å². The first-order valence-electron chi connectivity index (χ1n) is 6.90. The van der Waals surface area contributed by atoms with Crippen molar-refractivity contribution in [1.82, 2.24) is 9.03 Å². The Morgan fingerprint density at radius 2 is 1.87 bits per heavy atom. The Labute approximate surface area is 142 Å². The van der Waals surface area contributed by atoms with Crippen molar-refractivity contribution in [2.24, 2.45) is 0 Å². The van der Waals surface area contributed by atoms with Gasteiger partial charge < -0.3 is 4.74 Å². The molecule has 0 amide bonds. The molecule has 0 aliphatic rings. The highest BCUT2D eigenvalue weighted by molar-refractivity contribution is 7.89. The van der Waals surface area contributed by atoms with Crippen LogP contribution in [0.2, 0.25) is 5.02 Å². The highest BCUT2D eigenvalue weighted by atomic mass is 35.5. The van der Waals surface area contributed by atoms with Gasteiger partial charge in [-0.05, 0) is 24.6 Å². The predicted molar refractivity (Wildman–Crippen MR) is 89.9 cm³/mol. The van der Waals surface area contributed by atoms with Crippen molar-refractivity contribution in [3.8, 4) is 5.75 Å². The van der Waals surface area contributed by atoms with Crippen molar-refractivity contribution in [3.05, 3.63) is 23.2 Å². The number of hydrogen-bond donors (Lipinski definition) is 1. The number of hydrogen-bond acceptors (Lipinski definition) is 5. The fourth-order valence-electron chi connectivity index (χ4n) is 1.90. The van der Waals surface area contributed by atoms with E-state index in [-0.39, 0.29) is 23.0 Å². The summed E-state index contributed by atoms with van der Waals surface area (Å²) in [5, 5.41) is 0.180. The van der Waals surface area contributed by atoms with Gasteiger partial charge in [-0.2, -0.15) is 0 Å². The third-order valence-electron chi connectivity index (χ3n) is 3.03. The molecule has 0 aliphatic carbocycles. The van der Waals surface area contributed by atoms with E-state index in [0.29, 0.717) is 18.7 Å². The molecule has 10 heteroatoms. The maximum atomic E-state index is 12.2. The van der Waals surface area contributed by atoms with Crippen LogP contribution in [-0.2, 0) is 20.0 Å². The molecule has 0 heterocycles. The second-order valence-corrected chi connectivity index (χ2v) is 9.01. The molecule has 0 saturated carbocycles. The van der Waals surface area contributed by atoms with Crippen molar-refractivity contribution < 1.29 is 21.6 Å². The molecule has 23 heavy (non-hydrogen) atoms. The van der Waals surface area contributed by atoms with E-state index in [4.69, 9.17) is 16.3 Å². The van der Waals surface area contributed by atoms with Crippen molar-refractivity contribution >= 4 is 31.6 Å². The van der Waals surface area contributed by atoms with Crippen LogP contribution in [0.3, 0.4) is 0 Å². The largest absolute Gasteiger partial charge is 0.495 e. The van der Waals surface area contributed by atoms with Crippen LogP contribution in [0.25, 0.3) is 0 Å². The van der Waals surface area contributed by atoms with Gasteiger partial charge in [0.2, 0.25) is 20.0 Å². The Kier molecular flexibility index (Phi) is 7.28. The van der Waals surface area contributed by atoms with Crippen molar-refractivity contribution in [1.29, 1.82) is 0 Å². The van der Waals surface area contributed by atoms with E-state index < -0.39 is 20.0 Å². The van der Waals surface area contributed by atoms with Gasteiger partial charge in [0.25, 0.3) is 0 Å². The second-order valence-electron chi connectivity index (χ2n) is 4.86. The summed E-state index contributed by atoms with van der Waals surface area (Å²) in [6.45, 7) is 2.23. The van der Waals surface area contributed by atoms with E-state index in [1.54, 1.807) is 0 Å². The van der Waals surface area contributed by atoms with E-state index in [0.717, 1.165) is 6.26 Å². The summed E-state index contributed by atoms with van der Waals surface area (Å²) in [6, 6.07) is 4.10. The van der Waals surface area contributed by atoms with E-state index >= 15 is 0 Å². The highest BCUT2D eigenvalue weighted by Gasteiger charge is 2.19. The lowest BCUT2D eigenvalue weighted by molar-refractivity contribution is 0.414. The van der Waals surface area contributed by atoms with E-state index in [1.807, 2.05) is 6.92 Å². The topological polar surface area (TPSA) is 92.8 Å². The van der Waals surface area contributed by atoms with Gasteiger partial charge in [0, 0.05) is 19.6 Å². The van der Waals surface area contributed by atoms with Crippen LogP contribution < -0.4 is 9.46 Å². The molecule has 0 saturated heterocycles. The lowest BCUT2D eigenvalue weighted by Crippen LogP contribution is -2.38. The minimum atomic E-state index is -3.78. The monoisotopic (exact) mass is 384 g/mol. The maximum Gasteiger partial charge on any atom is 0.240 e. The normalized spacial score (nSPS) is 12.6. The van der Waals surface area contributed by atoms with Gasteiger partial charge in [-0.3, -0.25) is 0 Å². The first-order chi connectivity index (χ1) is 10.6. The zero-order valence-corrected chi connectivity index (χ0v) is 15.6. The Balaban J connectivity index is 2.78. The lowest BCUT2D eigenvalue weighted by atomic mass is 10.3. The molecular weight excluding hydrogens is 364 g/mol. The number of sulfonamides is 2. The van der Waals surface area contributed by atoms with E-state index in [2.05, 4.69) is 4.72 Å². The molecule has 1 aromatic carbocycles. The molecule has 132 valence electrons. The van der Waals surface area contributed by atoms with Gasteiger partial charge in [0.05, 0.1) is 23.3 Å². The molecule has 1 rings (SSSR count). The quantitative estimate of drug-likeness (QED) is 0.692. The predicted octanol–water partition coefficient (Wildman–Crippen LogP) is 1.30. The Bertz CT molecular complexity index is 735. The summed E-state index contributed by atoms with van der Waals surface area (Å²) in [6.07, 6.45) is 1.74. The summed E-state index contributed by atoms with van der Waals surface area (Å²) in [5.41, 5.74) is 0. The van der Waals surface area contributed by atoms with Gasteiger partial charge in [0.1, 0.15) is 5.75 Å². The number of nitrogens with one attached hydrogen (secondary N) is 1. The Hall–Kier alpha value is -0.870. The number of halogens is 1. The van der Waals surface area contributed by atoms with Gasteiger partial charge >= 0.3 is 0 Å². The highest BCUT2D eigenvalue weighted by Crippen LogP contribution is 2.26. The zero-order valence-electron chi connectivity index (χ0n) is 13.2. The van der Waals surface area contributed by atoms with Crippen LogP contribution >= 0.6 is 11.6 Å². The van der Waals surface area contributed by atoms with Crippen LogP contribution in [0.15, 0.2) is 23.1 Å². The number of ether oxygens (including phenoxy) is 1. The number of rotatable bonds is 9. The zero-order chi connectivity index (χ0) is 17.7. The molecule has 0 aromatic heterocycles. The van der Waals surface area contributed by atoms with Crippen molar-refractivity contribution in [2.75, 3.05) is 33.0 Å². The maximum absolute atomic E-state index is 12.2. The summed E-state index contributed by atoms with van der Waals surface area (Å²) >= 11 is 5.92. The SMILES string of the molecule is CCCN(CCNS(=O)(=O)c1ccc(OC)c(Cl)c1)S(C)(=O)=O. The van der Waals surface area contributed by atoms with Crippen LogP contribution in [0.5, 0.6) is 5.75 Å². The molecule has 1 aromatic rings. The molecule has 0 aliphatic heterocycles. The third kappa shape index (κ3) is 5.92. The summed E-state index contributed by atoms with van der Waals surface area (Å²) in [4.78, 5) is -0.00954. The van der Waals surface area contributed by atoms with Gasteiger partial charge in [-0.15, -0.1) is 0 Å². The smallest absolute Gasteiger partial charge is 0.240 e. The summed E-state index contributed by atoms with van der Waals surface area (Å²) < 4.78 is 56.1. The minimum absolute atomic E-state index is 0.00954. The number of nitrogens with zero attached hydrogens (tertiary/aromatic N) is 1.